The highest BCUT2D eigenvalue weighted by Crippen LogP contribution is 2.29. The fourth-order valence-electron chi connectivity index (χ4n) is 2.25. The first-order valence-electron chi connectivity index (χ1n) is 5.87. The lowest BCUT2D eigenvalue weighted by atomic mass is 10.1. The zero-order valence-corrected chi connectivity index (χ0v) is 12.3. The van der Waals surface area contributed by atoms with Crippen LogP contribution in [0, 0.1) is 5.92 Å². The van der Waals surface area contributed by atoms with E-state index in [9.17, 15) is 13.2 Å². The Morgan fingerprint density at radius 1 is 1.21 bits per heavy atom. The summed E-state index contributed by atoms with van der Waals surface area (Å²) in [6.07, 6.45) is 2.03. The van der Waals surface area contributed by atoms with Crippen LogP contribution in [0.1, 0.15) is 19.3 Å². The third-order valence-electron chi connectivity index (χ3n) is 3.24. The summed E-state index contributed by atoms with van der Waals surface area (Å²) in [5.74, 6) is -0.441. The minimum atomic E-state index is -3.65. The quantitative estimate of drug-likeness (QED) is 0.867. The van der Waals surface area contributed by atoms with Gasteiger partial charge in [0.2, 0.25) is 15.3 Å². The van der Waals surface area contributed by atoms with Gasteiger partial charge in [-0.3, -0.25) is 4.79 Å². The van der Waals surface area contributed by atoms with E-state index >= 15 is 0 Å². The molecule has 1 aliphatic rings. The maximum atomic E-state index is 12.2. The van der Waals surface area contributed by atoms with Crippen molar-refractivity contribution in [2.45, 2.75) is 30.2 Å². The maximum absolute atomic E-state index is 12.2. The van der Waals surface area contributed by atoms with Gasteiger partial charge in [-0.15, -0.1) is 0 Å². The molecule has 1 aromatic carbocycles. The highest BCUT2D eigenvalue weighted by molar-refractivity contribution is 7.89. The number of carbonyl (C=O) groups is 1. The van der Waals surface area contributed by atoms with Crippen LogP contribution in [0.25, 0.3) is 0 Å². The van der Waals surface area contributed by atoms with Gasteiger partial charge in [0.25, 0.3) is 0 Å². The van der Waals surface area contributed by atoms with E-state index in [1.54, 1.807) is 0 Å². The Morgan fingerprint density at radius 3 is 2.42 bits per heavy atom. The Hall–Kier alpha value is -0.620. The lowest BCUT2D eigenvalue weighted by molar-refractivity contribution is -0.115. The fraction of sp³-hybridized carbons (Fsp3) is 0.417. The molecule has 0 heterocycles. The maximum Gasteiger partial charge on any atom is 0.240 e. The van der Waals surface area contributed by atoms with Crippen LogP contribution in [0.3, 0.4) is 0 Å². The molecule has 0 bridgehead atoms. The van der Waals surface area contributed by atoms with Crippen LogP contribution in [0.4, 0.5) is 0 Å². The SMILES string of the molecule is O=C(Cl)C1CCCC1NS(=O)(=O)c1ccc(Cl)cc1. The van der Waals surface area contributed by atoms with Gasteiger partial charge >= 0.3 is 0 Å². The largest absolute Gasteiger partial charge is 0.281 e. The molecule has 0 amide bonds. The second kappa shape index (κ2) is 5.79. The molecule has 1 aliphatic carbocycles. The molecule has 0 aromatic heterocycles. The summed E-state index contributed by atoms with van der Waals surface area (Å²) in [5.41, 5.74) is 0. The molecule has 0 aliphatic heterocycles. The van der Waals surface area contributed by atoms with Crippen molar-refractivity contribution in [3.05, 3.63) is 29.3 Å². The van der Waals surface area contributed by atoms with Gasteiger partial charge in [0.1, 0.15) is 0 Å². The molecule has 1 fully saturated rings. The number of hydrogen-bond donors (Lipinski definition) is 1. The summed E-state index contributed by atoms with van der Waals surface area (Å²) in [7, 11) is -3.65. The van der Waals surface area contributed by atoms with Crippen LogP contribution in [0.2, 0.25) is 5.02 Å². The zero-order chi connectivity index (χ0) is 14.0. The summed E-state index contributed by atoms with van der Waals surface area (Å²) in [6.45, 7) is 0. The van der Waals surface area contributed by atoms with Gasteiger partial charge in [-0.25, -0.2) is 13.1 Å². The average molecular weight is 322 g/mol. The summed E-state index contributed by atoms with van der Waals surface area (Å²) < 4.78 is 26.9. The first-order valence-corrected chi connectivity index (χ1v) is 8.11. The molecule has 2 unspecified atom stereocenters. The van der Waals surface area contributed by atoms with Crippen LogP contribution in [-0.2, 0) is 14.8 Å². The zero-order valence-electron chi connectivity index (χ0n) is 9.97. The topological polar surface area (TPSA) is 63.2 Å². The molecule has 2 rings (SSSR count). The minimum absolute atomic E-state index is 0.129. The van der Waals surface area contributed by atoms with Crippen LogP contribution >= 0.6 is 23.2 Å². The van der Waals surface area contributed by atoms with Gasteiger partial charge in [-0.05, 0) is 48.7 Å². The second-order valence-electron chi connectivity index (χ2n) is 4.52. The minimum Gasteiger partial charge on any atom is -0.281 e. The summed E-state index contributed by atoms with van der Waals surface area (Å²) in [5, 5.41) is -0.0186. The Balaban J connectivity index is 2.17. The monoisotopic (exact) mass is 321 g/mol. The lowest BCUT2D eigenvalue weighted by Crippen LogP contribution is -2.39. The summed E-state index contributed by atoms with van der Waals surface area (Å²) in [4.78, 5) is 11.4. The van der Waals surface area contributed by atoms with Crippen molar-refractivity contribution >= 4 is 38.5 Å². The Kier molecular flexibility index (Phi) is 4.50. The van der Waals surface area contributed by atoms with Crippen LogP contribution < -0.4 is 4.72 Å². The third kappa shape index (κ3) is 3.48. The molecular formula is C12H13Cl2NO3S. The van der Waals surface area contributed by atoms with E-state index in [2.05, 4.69) is 4.72 Å². The second-order valence-corrected chi connectivity index (χ2v) is 7.05. The predicted octanol–water partition coefficient (Wildman–Crippen LogP) is 2.55. The van der Waals surface area contributed by atoms with Gasteiger partial charge in [0.15, 0.2) is 0 Å². The highest BCUT2D eigenvalue weighted by Gasteiger charge is 2.34. The molecule has 0 spiro atoms. The smallest absolute Gasteiger partial charge is 0.240 e. The van der Waals surface area contributed by atoms with Gasteiger partial charge in [-0.2, -0.15) is 0 Å². The van der Waals surface area contributed by atoms with Crippen molar-refractivity contribution in [1.82, 2.24) is 4.72 Å². The van der Waals surface area contributed by atoms with E-state index < -0.39 is 27.2 Å². The number of carbonyl (C=O) groups excluding carboxylic acids is 1. The van der Waals surface area contributed by atoms with Crippen molar-refractivity contribution in [3.8, 4) is 0 Å². The number of nitrogens with one attached hydrogen (secondary N) is 1. The predicted molar refractivity (Wildman–Crippen MR) is 73.8 cm³/mol. The Labute approximate surface area is 122 Å². The number of rotatable bonds is 4. The standard InChI is InChI=1S/C12H13Cl2NO3S/c13-8-4-6-9(7-5-8)19(17,18)15-11-3-1-2-10(11)12(14)16/h4-7,10-11,15H,1-3H2. The number of sulfonamides is 1. The van der Waals surface area contributed by atoms with Gasteiger partial charge < -0.3 is 0 Å². The normalized spacial score (nSPS) is 23.5. The average Bonchev–Trinajstić information content (AvgIpc) is 2.77. The van der Waals surface area contributed by atoms with Crippen LogP contribution in [0.5, 0.6) is 0 Å². The van der Waals surface area contributed by atoms with E-state index in [4.69, 9.17) is 23.2 Å². The first-order chi connectivity index (χ1) is 8.90. The molecule has 0 radical (unpaired) electrons. The highest BCUT2D eigenvalue weighted by atomic mass is 35.5. The van der Waals surface area contributed by atoms with Gasteiger partial charge in [-0.1, -0.05) is 18.0 Å². The van der Waals surface area contributed by atoms with Crippen molar-refractivity contribution in [2.75, 3.05) is 0 Å². The molecule has 7 heteroatoms. The van der Waals surface area contributed by atoms with Crippen LogP contribution in [-0.4, -0.2) is 19.7 Å². The van der Waals surface area contributed by atoms with Crippen molar-refractivity contribution in [1.29, 1.82) is 0 Å². The molecule has 1 saturated carbocycles. The number of benzene rings is 1. The van der Waals surface area contributed by atoms with Gasteiger partial charge in [0, 0.05) is 17.0 Å². The van der Waals surface area contributed by atoms with Crippen LogP contribution in [0.15, 0.2) is 29.2 Å². The van der Waals surface area contributed by atoms with Gasteiger partial charge in [0.05, 0.1) is 4.90 Å². The molecule has 1 N–H and O–H groups in total. The molecule has 0 saturated heterocycles. The van der Waals surface area contributed by atoms with E-state index in [1.807, 2.05) is 0 Å². The Morgan fingerprint density at radius 2 is 1.84 bits per heavy atom. The van der Waals surface area contributed by atoms with E-state index in [-0.39, 0.29) is 4.90 Å². The Bertz CT molecular complexity index is 571. The third-order valence-corrected chi connectivity index (χ3v) is 5.28. The fourth-order valence-corrected chi connectivity index (χ4v) is 3.95. The molecule has 4 nitrogen and oxygen atoms in total. The van der Waals surface area contributed by atoms with E-state index in [0.29, 0.717) is 17.9 Å². The van der Waals surface area contributed by atoms with Crippen molar-refractivity contribution < 1.29 is 13.2 Å². The summed E-state index contributed by atoms with van der Waals surface area (Å²) >= 11 is 11.2. The number of hydrogen-bond acceptors (Lipinski definition) is 3. The summed E-state index contributed by atoms with van der Waals surface area (Å²) in [6, 6.07) is 5.45. The van der Waals surface area contributed by atoms with Crippen molar-refractivity contribution in [2.24, 2.45) is 5.92 Å². The lowest BCUT2D eigenvalue weighted by Gasteiger charge is -2.17. The molecule has 1 aromatic rings. The first kappa shape index (κ1) is 14.8. The van der Waals surface area contributed by atoms with Crippen molar-refractivity contribution in [3.63, 3.8) is 0 Å². The van der Waals surface area contributed by atoms with E-state index in [0.717, 1.165) is 6.42 Å². The molecule has 2 atom stereocenters. The van der Waals surface area contributed by atoms with E-state index in [1.165, 1.54) is 24.3 Å². The number of halogens is 2. The molecule has 19 heavy (non-hydrogen) atoms. The molecular weight excluding hydrogens is 309 g/mol. The molecule has 104 valence electrons.